The first-order chi connectivity index (χ1) is 11.5. The Bertz CT molecular complexity index is 680. The molecule has 1 amide bonds. The number of carbonyl (C=O) groups is 1. The summed E-state index contributed by atoms with van der Waals surface area (Å²) in [7, 11) is 1.64. The number of carbonyl (C=O) groups excluding carboxylic acids is 1. The number of aromatic nitrogens is 1. The average Bonchev–Trinajstić information content (AvgIpc) is 3.07. The number of oxazole rings is 1. The Labute approximate surface area is 141 Å². The highest BCUT2D eigenvalue weighted by Gasteiger charge is 2.35. The van der Waals surface area contributed by atoms with Crippen molar-refractivity contribution in [2.75, 3.05) is 26.8 Å². The van der Waals surface area contributed by atoms with E-state index in [-0.39, 0.29) is 12.0 Å². The summed E-state index contributed by atoms with van der Waals surface area (Å²) in [5.74, 6) is 0.679. The zero-order chi connectivity index (χ0) is 17.2. The van der Waals surface area contributed by atoms with Crippen LogP contribution >= 0.6 is 0 Å². The fraction of sp³-hybridized carbons (Fsp3) is 0.444. The Morgan fingerprint density at radius 3 is 2.75 bits per heavy atom. The standard InChI is InChI=1S/C18H22N2O4/c1-18(2)11-20(9-15(24-18)10-22-3)17(21)14-6-4-13(5-7-14)16-8-19-12-23-16/h4-8,12,15H,9-11H2,1-3H3/t15-/m1/s1. The van der Waals surface area contributed by atoms with Gasteiger partial charge < -0.3 is 18.8 Å². The van der Waals surface area contributed by atoms with Gasteiger partial charge in [0.25, 0.3) is 5.91 Å². The second-order valence-corrected chi connectivity index (χ2v) is 6.58. The molecule has 0 saturated carbocycles. The van der Waals surface area contributed by atoms with E-state index in [1.165, 1.54) is 6.39 Å². The first-order valence-electron chi connectivity index (χ1n) is 7.93. The molecular formula is C18H22N2O4. The van der Waals surface area contributed by atoms with Crippen LogP contribution in [-0.2, 0) is 9.47 Å². The fourth-order valence-corrected chi connectivity index (χ4v) is 3.04. The quantitative estimate of drug-likeness (QED) is 0.862. The molecule has 1 fully saturated rings. The van der Waals surface area contributed by atoms with Gasteiger partial charge in [0.15, 0.2) is 12.2 Å². The second kappa shape index (κ2) is 6.75. The van der Waals surface area contributed by atoms with Crippen molar-refractivity contribution in [3.63, 3.8) is 0 Å². The highest BCUT2D eigenvalue weighted by atomic mass is 16.5. The van der Waals surface area contributed by atoms with E-state index >= 15 is 0 Å². The monoisotopic (exact) mass is 330 g/mol. The third-order valence-electron chi connectivity index (χ3n) is 3.97. The third-order valence-corrected chi connectivity index (χ3v) is 3.97. The number of methoxy groups -OCH3 is 1. The summed E-state index contributed by atoms with van der Waals surface area (Å²) < 4.78 is 16.4. The molecule has 0 N–H and O–H groups in total. The van der Waals surface area contributed by atoms with Crippen LogP contribution in [0.25, 0.3) is 11.3 Å². The summed E-state index contributed by atoms with van der Waals surface area (Å²) in [6, 6.07) is 7.36. The highest BCUT2D eigenvalue weighted by molar-refractivity contribution is 5.94. The van der Waals surface area contributed by atoms with Gasteiger partial charge in [-0.15, -0.1) is 0 Å². The molecule has 0 radical (unpaired) electrons. The topological polar surface area (TPSA) is 64.8 Å². The predicted molar refractivity (Wildman–Crippen MR) is 88.7 cm³/mol. The van der Waals surface area contributed by atoms with Crippen molar-refractivity contribution < 1.29 is 18.7 Å². The van der Waals surface area contributed by atoms with Crippen molar-refractivity contribution in [1.29, 1.82) is 0 Å². The van der Waals surface area contributed by atoms with Gasteiger partial charge in [0, 0.05) is 31.3 Å². The minimum atomic E-state index is -0.392. The Kier molecular flexibility index (Phi) is 4.69. The largest absolute Gasteiger partial charge is 0.444 e. The van der Waals surface area contributed by atoms with E-state index in [9.17, 15) is 4.79 Å². The molecule has 1 aliphatic heterocycles. The smallest absolute Gasteiger partial charge is 0.254 e. The van der Waals surface area contributed by atoms with E-state index in [1.54, 1.807) is 13.3 Å². The van der Waals surface area contributed by atoms with Gasteiger partial charge >= 0.3 is 0 Å². The van der Waals surface area contributed by atoms with Crippen molar-refractivity contribution in [1.82, 2.24) is 9.88 Å². The van der Waals surface area contributed by atoms with Crippen molar-refractivity contribution in [3.8, 4) is 11.3 Å². The molecule has 0 unspecified atom stereocenters. The summed E-state index contributed by atoms with van der Waals surface area (Å²) in [4.78, 5) is 18.6. The van der Waals surface area contributed by atoms with Gasteiger partial charge in [0.1, 0.15) is 0 Å². The van der Waals surface area contributed by atoms with Gasteiger partial charge in [-0.2, -0.15) is 0 Å². The third kappa shape index (κ3) is 3.66. The van der Waals surface area contributed by atoms with Crippen LogP contribution in [-0.4, -0.2) is 54.3 Å². The summed E-state index contributed by atoms with van der Waals surface area (Å²) >= 11 is 0. The molecule has 24 heavy (non-hydrogen) atoms. The predicted octanol–water partition coefficient (Wildman–Crippen LogP) is 2.61. The number of ether oxygens (including phenoxy) is 2. The Morgan fingerprint density at radius 1 is 1.38 bits per heavy atom. The van der Waals surface area contributed by atoms with Crippen LogP contribution in [0.3, 0.4) is 0 Å². The molecule has 1 aromatic carbocycles. The van der Waals surface area contributed by atoms with Crippen molar-refractivity contribution in [2.45, 2.75) is 25.6 Å². The first-order valence-corrected chi connectivity index (χ1v) is 7.93. The molecular weight excluding hydrogens is 308 g/mol. The molecule has 1 aliphatic rings. The number of morpholine rings is 1. The van der Waals surface area contributed by atoms with E-state index in [0.717, 1.165) is 5.56 Å². The molecule has 3 rings (SSSR count). The van der Waals surface area contributed by atoms with Gasteiger partial charge in [-0.3, -0.25) is 4.79 Å². The number of benzene rings is 1. The van der Waals surface area contributed by atoms with Gasteiger partial charge in [0.2, 0.25) is 0 Å². The molecule has 0 spiro atoms. The lowest BCUT2D eigenvalue weighted by Crippen LogP contribution is -2.55. The molecule has 6 nitrogen and oxygen atoms in total. The van der Waals surface area contributed by atoms with Gasteiger partial charge in [-0.05, 0) is 26.0 Å². The highest BCUT2D eigenvalue weighted by Crippen LogP contribution is 2.24. The maximum atomic E-state index is 12.8. The zero-order valence-corrected chi connectivity index (χ0v) is 14.2. The summed E-state index contributed by atoms with van der Waals surface area (Å²) in [5, 5.41) is 0. The summed E-state index contributed by atoms with van der Waals surface area (Å²) in [6.45, 7) is 5.53. The van der Waals surface area contributed by atoms with Crippen LogP contribution in [0.1, 0.15) is 24.2 Å². The fourth-order valence-electron chi connectivity index (χ4n) is 3.04. The van der Waals surface area contributed by atoms with Crippen LogP contribution in [0.2, 0.25) is 0 Å². The second-order valence-electron chi connectivity index (χ2n) is 6.58. The zero-order valence-electron chi connectivity index (χ0n) is 14.2. The lowest BCUT2D eigenvalue weighted by Gasteiger charge is -2.42. The Morgan fingerprint density at radius 2 is 2.12 bits per heavy atom. The van der Waals surface area contributed by atoms with Crippen LogP contribution in [0.4, 0.5) is 0 Å². The SMILES string of the molecule is COC[C@H]1CN(C(=O)c2ccc(-c3cnco3)cc2)CC(C)(C)O1. The van der Waals surface area contributed by atoms with E-state index in [2.05, 4.69) is 4.98 Å². The van der Waals surface area contributed by atoms with E-state index in [1.807, 2.05) is 43.0 Å². The van der Waals surface area contributed by atoms with Crippen molar-refractivity contribution in [2.24, 2.45) is 0 Å². The minimum absolute atomic E-state index is 0.00315. The van der Waals surface area contributed by atoms with Gasteiger partial charge in [-0.25, -0.2) is 4.98 Å². The van der Waals surface area contributed by atoms with E-state index in [4.69, 9.17) is 13.9 Å². The molecule has 2 heterocycles. The average molecular weight is 330 g/mol. The molecule has 0 bridgehead atoms. The number of amides is 1. The molecule has 128 valence electrons. The number of hydrogen-bond donors (Lipinski definition) is 0. The lowest BCUT2D eigenvalue weighted by molar-refractivity contribution is -0.143. The first kappa shape index (κ1) is 16.7. The number of nitrogens with zero attached hydrogens (tertiary/aromatic N) is 2. The normalized spacial score (nSPS) is 20.1. The molecule has 2 aromatic rings. The lowest BCUT2D eigenvalue weighted by atomic mass is 10.0. The van der Waals surface area contributed by atoms with Crippen molar-refractivity contribution in [3.05, 3.63) is 42.4 Å². The molecule has 1 aromatic heterocycles. The Balaban J connectivity index is 1.75. The maximum Gasteiger partial charge on any atom is 0.254 e. The van der Waals surface area contributed by atoms with Crippen LogP contribution in [0, 0.1) is 0 Å². The molecule has 1 saturated heterocycles. The number of rotatable bonds is 4. The van der Waals surface area contributed by atoms with Gasteiger partial charge in [0.05, 0.1) is 24.5 Å². The molecule has 0 aliphatic carbocycles. The van der Waals surface area contributed by atoms with Crippen LogP contribution in [0.5, 0.6) is 0 Å². The minimum Gasteiger partial charge on any atom is -0.444 e. The van der Waals surface area contributed by atoms with Crippen LogP contribution in [0.15, 0.2) is 41.3 Å². The van der Waals surface area contributed by atoms with Crippen molar-refractivity contribution >= 4 is 5.91 Å². The van der Waals surface area contributed by atoms with Gasteiger partial charge in [-0.1, -0.05) is 12.1 Å². The Hall–Kier alpha value is -2.18. The molecule has 6 heteroatoms. The van der Waals surface area contributed by atoms with E-state index < -0.39 is 5.60 Å². The molecule has 1 atom stereocenters. The summed E-state index contributed by atoms with van der Waals surface area (Å²) in [6.07, 6.45) is 2.92. The number of hydrogen-bond acceptors (Lipinski definition) is 5. The van der Waals surface area contributed by atoms with Crippen LogP contribution < -0.4 is 0 Å². The maximum absolute atomic E-state index is 12.8. The van der Waals surface area contributed by atoms with E-state index in [0.29, 0.717) is 31.0 Å². The summed E-state index contributed by atoms with van der Waals surface area (Å²) in [5.41, 5.74) is 1.15.